The molecule has 1 aliphatic rings. The lowest BCUT2D eigenvalue weighted by Crippen LogP contribution is -2.61. The zero-order valence-corrected chi connectivity index (χ0v) is 14.4. The Labute approximate surface area is 153 Å². The number of carbonyl (C=O) groups is 1. The van der Waals surface area contributed by atoms with E-state index in [1.165, 1.54) is 28.9 Å². The summed E-state index contributed by atoms with van der Waals surface area (Å²) in [6.07, 6.45) is -4.39. The van der Waals surface area contributed by atoms with E-state index in [1.54, 1.807) is 0 Å². The minimum atomic E-state index is -1.82. The molecule has 10 heteroatoms. The molecule has 3 unspecified atom stereocenters. The number of fused-ring (bicyclic) bond motifs is 1. The molecule has 5 atom stereocenters. The fourth-order valence-corrected chi connectivity index (χ4v) is 2.93. The summed E-state index contributed by atoms with van der Waals surface area (Å²) >= 11 is 0. The molecule has 1 fully saturated rings. The number of hydrogen-bond donors (Lipinski definition) is 4. The summed E-state index contributed by atoms with van der Waals surface area (Å²) in [6, 6.07) is 2.99. The molecular weight excluding hydrogens is 360 g/mol. The van der Waals surface area contributed by atoms with Crippen LogP contribution in [0.25, 0.3) is 5.65 Å². The zero-order valence-electron chi connectivity index (χ0n) is 14.4. The second-order valence-electron chi connectivity index (χ2n) is 6.26. The van der Waals surface area contributed by atoms with E-state index in [9.17, 15) is 24.9 Å². The van der Waals surface area contributed by atoms with Gasteiger partial charge in [0.2, 0.25) is 6.29 Å². The fourth-order valence-electron chi connectivity index (χ4n) is 2.93. The topological polar surface area (TPSA) is 151 Å². The molecule has 0 aromatic carbocycles. The SMILES string of the molecule is CCCc1cnc2c(O[C@@H]3OC(C(=O)O)[C@@H](O)C(O)C3O)cccn2c1=O. The van der Waals surface area contributed by atoms with E-state index in [0.717, 1.165) is 6.42 Å². The number of rotatable bonds is 5. The van der Waals surface area contributed by atoms with Crippen LogP contribution in [0.15, 0.2) is 29.3 Å². The molecule has 4 N–H and O–H groups in total. The van der Waals surface area contributed by atoms with E-state index in [0.29, 0.717) is 12.0 Å². The van der Waals surface area contributed by atoms with E-state index in [2.05, 4.69) is 4.98 Å². The summed E-state index contributed by atoms with van der Waals surface area (Å²) in [5.41, 5.74) is 0.410. The predicted octanol–water partition coefficient (Wildman–Crippen LogP) is -1.08. The van der Waals surface area contributed by atoms with Gasteiger partial charge in [-0.25, -0.2) is 9.78 Å². The molecule has 10 nitrogen and oxygen atoms in total. The number of carboxylic acids is 1. The highest BCUT2D eigenvalue weighted by molar-refractivity contribution is 5.73. The highest BCUT2D eigenvalue weighted by Crippen LogP contribution is 2.26. The third kappa shape index (κ3) is 3.52. The lowest BCUT2D eigenvalue weighted by atomic mass is 9.99. The highest BCUT2D eigenvalue weighted by Gasteiger charge is 2.48. The molecule has 0 spiro atoms. The molecule has 3 rings (SSSR count). The molecule has 0 radical (unpaired) electrons. The molecule has 3 heterocycles. The number of aliphatic hydroxyl groups is 3. The van der Waals surface area contributed by atoms with Gasteiger partial charge < -0.3 is 29.9 Å². The number of aromatic nitrogens is 2. The summed E-state index contributed by atoms with van der Waals surface area (Å²) in [5, 5.41) is 38.8. The summed E-state index contributed by atoms with van der Waals surface area (Å²) < 4.78 is 11.9. The van der Waals surface area contributed by atoms with Crippen LogP contribution in [0.1, 0.15) is 18.9 Å². The summed E-state index contributed by atoms with van der Waals surface area (Å²) in [5.74, 6) is -1.46. The second-order valence-corrected chi connectivity index (χ2v) is 6.26. The van der Waals surface area contributed by atoms with E-state index in [4.69, 9.17) is 14.6 Å². The Balaban J connectivity index is 1.95. The maximum atomic E-state index is 12.5. The minimum Gasteiger partial charge on any atom is -0.479 e. The van der Waals surface area contributed by atoms with Gasteiger partial charge >= 0.3 is 5.97 Å². The smallest absolute Gasteiger partial charge is 0.335 e. The average molecular weight is 380 g/mol. The number of pyridine rings is 1. The summed E-state index contributed by atoms with van der Waals surface area (Å²) in [7, 11) is 0. The average Bonchev–Trinajstić information content (AvgIpc) is 2.64. The maximum Gasteiger partial charge on any atom is 0.335 e. The Morgan fingerprint density at radius 1 is 1.30 bits per heavy atom. The molecule has 0 amide bonds. The second kappa shape index (κ2) is 7.61. The van der Waals surface area contributed by atoms with E-state index < -0.39 is 36.7 Å². The molecule has 1 aliphatic heterocycles. The van der Waals surface area contributed by atoms with Crippen molar-refractivity contribution in [3.8, 4) is 5.75 Å². The van der Waals surface area contributed by atoms with Gasteiger partial charge in [0.05, 0.1) is 0 Å². The first-order valence-electron chi connectivity index (χ1n) is 8.43. The van der Waals surface area contributed by atoms with Gasteiger partial charge in [0.25, 0.3) is 5.56 Å². The number of nitrogens with zero attached hydrogens (tertiary/aromatic N) is 2. The van der Waals surface area contributed by atoms with E-state index in [1.807, 2.05) is 6.92 Å². The molecule has 146 valence electrons. The Hall–Kier alpha value is -2.53. The van der Waals surface area contributed by atoms with Gasteiger partial charge in [-0.15, -0.1) is 0 Å². The van der Waals surface area contributed by atoms with Crippen molar-refractivity contribution in [1.82, 2.24) is 9.38 Å². The van der Waals surface area contributed by atoms with Gasteiger partial charge in [0, 0.05) is 18.0 Å². The molecule has 1 saturated heterocycles. The van der Waals surface area contributed by atoms with Gasteiger partial charge in [0.15, 0.2) is 17.5 Å². The summed E-state index contributed by atoms with van der Waals surface area (Å²) in [4.78, 5) is 27.9. The van der Waals surface area contributed by atoms with Crippen LogP contribution < -0.4 is 10.3 Å². The van der Waals surface area contributed by atoms with Crippen molar-refractivity contribution in [2.24, 2.45) is 0 Å². The van der Waals surface area contributed by atoms with Crippen molar-refractivity contribution in [1.29, 1.82) is 0 Å². The fraction of sp³-hybridized carbons (Fsp3) is 0.471. The van der Waals surface area contributed by atoms with Crippen LogP contribution in [-0.2, 0) is 16.0 Å². The van der Waals surface area contributed by atoms with Crippen molar-refractivity contribution >= 4 is 11.6 Å². The van der Waals surface area contributed by atoms with Gasteiger partial charge in [-0.3, -0.25) is 9.20 Å². The lowest BCUT2D eigenvalue weighted by Gasteiger charge is -2.38. The van der Waals surface area contributed by atoms with Gasteiger partial charge in [-0.1, -0.05) is 13.3 Å². The van der Waals surface area contributed by atoms with Crippen LogP contribution >= 0.6 is 0 Å². The maximum absolute atomic E-state index is 12.5. The summed E-state index contributed by atoms with van der Waals surface area (Å²) in [6.45, 7) is 1.94. The number of aryl methyl sites for hydroxylation is 1. The number of aliphatic hydroxyl groups excluding tert-OH is 3. The standard InChI is InChI=1S/C17H20N2O8/c1-2-4-8-7-18-14-9(5-3-6-19(14)15(8)23)26-17-12(22)10(20)11(21)13(27-17)16(24)25/h3,5-7,10-13,17,20-22H,2,4H2,1H3,(H,24,25)/t10?,11-,12?,13?,17+/m0/s1. The molecule has 2 aromatic heterocycles. The van der Waals surface area contributed by atoms with E-state index in [-0.39, 0.29) is 17.0 Å². The molecule has 0 aliphatic carbocycles. The Bertz CT molecular complexity index is 898. The van der Waals surface area contributed by atoms with Gasteiger partial charge in [-0.2, -0.15) is 0 Å². The number of aliphatic carboxylic acids is 1. The van der Waals surface area contributed by atoms with Crippen LogP contribution in [0.5, 0.6) is 5.75 Å². The molecule has 27 heavy (non-hydrogen) atoms. The van der Waals surface area contributed by atoms with Crippen LogP contribution in [0, 0.1) is 0 Å². The highest BCUT2D eigenvalue weighted by atomic mass is 16.7. The minimum absolute atomic E-state index is 0.0504. The van der Waals surface area contributed by atoms with Crippen molar-refractivity contribution in [3.05, 3.63) is 40.4 Å². The Kier molecular flexibility index (Phi) is 5.42. The van der Waals surface area contributed by atoms with Crippen LogP contribution in [0.4, 0.5) is 0 Å². The largest absolute Gasteiger partial charge is 0.479 e. The quantitative estimate of drug-likeness (QED) is 0.507. The van der Waals surface area contributed by atoms with Crippen LogP contribution in [-0.4, -0.2) is 66.5 Å². The zero-order chi connectivity index (χ0) is 19.7. The Morgan fingerprint density at radius 3 is 2.70 bits per heavy atom. The van der Waals surface area contributed by atoms with Crippen molar-refractivity contribution in [2.45, 2.75) is 50.5 Å². The first-order valence-corrected chi connectivity index (χ1v) is 8.43. The van der Waals surface area contributed by atoms with Crippen molar-refractivity contribution < 1.29 is 34.7 Å². The van der Waals surface area contributed by atoms with Crippen LogP contribution in [0.2, 0.25) is 0 Å². The third-order valence-electron chi connectivity index (χ3n) is 4.34. The molecule has 0 bridgehead atoms. The van der Waals surface area contributed by atoms with Crippen LogP contribution in [0.3, 0.4) is 0 Å². The normalized spacial score (nSPS) is 28.2. The number of carboxylic acid groups (broad SMARTS) is 1. The van der Waals surface area contributed by atoms with E-state index >= 15 is 0 Å². The van der Waals surface area contributed by atoms with Gasteiger partial charge in [-0.05, 0) is 18.6 Å². The number of hydrogen-bond acceptors (Lipinski definition) is 8. The number of ether oxygens (including phenoxy) is 2. The van der Waals surface area contributed by atoms with Crippen molar-refractivity contribution in [3.63, 3.8) is 0 Å². The third-order valence-corrected chi connectivity index (χ3v) is 4.34. The molecular formula is C17H20N2O8. The monoisotopic (exact) mass is 380 g/mol. The first kappa shape index (κ1) is 19.2. The molecule has 2 aromatic rings. The first-order chi connectivity index (χ1) is 12.8. The lowest BCUT2D eigenvalue weighted by molar-refractivity contribution is -0.271. The predicted molar refractivity (Wildman–Crippen MR) is 90.4 cm³/mol. The molecule has 0 saturated carbocycles. The van der Waals surface area contributed by atoms with Crippen molar-refractivity contribution in [2.75, 3.05) is 0 Å². The Morgan fingerprint density at radius 2 is 2.04 bits per heavy atom. The van der Waals surface area contributed by atoms with Gasteiger partial charge in [0.1, 0.15) is 18.3 Å².